The van der Waals surface area contributed by atoms with Gasteiger partial charge < -0.3 is 10.6 Å². The summed E-state index contributed by atoms with van der Waals surface area (Å²) in [6.45, 7) is 3.96. The molecule has 2 heterocycles. The van der Waals surface area contributed by atoms with Crippen LogP contribution in [0.5, 0.6) is 0 Å². The van der Waals surface area contributed by atoms with Crippen LogP contribution in [0.3, 0.4) is 0 Å². The van der Waals surface area contributed by atoms with E-state index in [0.717, 1.165) is 29.1 Å². The number of benzene rings is 1. The minimum Gasteiger partial charge on any atom is -0.373 e. The van der Waals surface area contributed by atoms with Gasteiger partial charge in [-0.25, -0.2) is 9.97 Å². The number of carbonyl (C=O) groups excluding carboxylic acids is 1. The largest absolute Gasteiger partial charge is 0.373 e. The molecule has 0 fully saturated rings. The zero-order valence-electron chi connectivity index (χ0n) is 16.0. The average Bonchev–Trinajstić information content (AvgIpc) is 3.11. The molecule has 0 saturated carbocycles. The minimum absolute atomic E-state index is 0.0656. The first-order valence-corrected chi connectivity index (χ1v) is 8.93. The van der Waals surface area contributed by atoms with Gasteiger partial charge in [0.05, 0.1) is 12.2 Å². The van der Waals surface area contributed by atoms with Crippen LogP contribution in [0.1, 0.15) is 41.0 Å². The Morgan fingerprint density at radius 2 is 1.96 bits per heavy atom. The summed E-state index contributed by atoms with van der Waals surface area (Å²) in [7, 11) is 3.69. The van der Waals surface area contributed by atoms with E-state index in [4.69, 9.17) is 0 Å². The zero-order chi connectivity index (χ0) is 19.4. The molecule has 3 rings (SSSR count). The Morgan fingerprint density at radius 3 is 2.56 bits per heavy atom. The van der Waals surface area contributed by atoms with Gasteiger partial charge in [-0.15, -0.1) is 0 Å². The van der Waals surface area contributed by atoms with Crippen LogP contribution >= 0.6 is 0 Å². The highest BCUT2D eigenvalue weighted by Gasteiger charge is 2.16. The number of anilines is 1. The summed E-state index contributed by atoms with van der Waals surface area (Å²) in [5.41, 5.74) is 3.35. The molecule has 0 aliphatic carbocycles. The van der Waals surface area contributed by atoms with Crippen molar-refractivity contribution in [2.75, 3.05) is 12.4 Å². The lowest BCUT2D eigenvalue weighted by molar-refractivity contribution is 0.0935. The van der Waals surface area contributed by atoms with Gasteiger partial charge in [0.25, 0.3) is 5.91 Å². The molecule has 0 radical (unpaired) electrons. The third-order valence-corrected chi connectivity index (χ3v) is 4.36. The van der Waals surface area contributed by atoms with E-state index in [0.29, 0.717) is 11.4 Å². The monoisotopic (exact) mass is 364 g/mol. The number of rotatable bonds is 6. The van der Waals surface area contributed by atoms with E-state index in [1.54, 1.807) is 23.0 Å². The van der Waals surface area contributed by atoms with Crippen LogP contribution < -0.4 is 10.6 Å². The van der Waals surface area contributed by atoms with Crippen LogP contribution in [0.15, 0.2) is 42.7 Å². The zero-order valence-corrected chi connectivity index (χ0v) is 16.0. The van der Waals surface area contributed by atoms with Gasteiger partial charge in [0.15, 0.2) is 5.82 Å². The standard InChI is InChI=1S/C20H24N6O/c1-5-17(16-11-22-26(4)12-16)24-20(27)15-8-6-14(7-9-15)19-23-13(2)10-18(21-3)25-19/h6-12,17H,5H2,1-4H3,(H,24,27)(H,21,23,25). The molecule has 2 N–H and O–H groups in total. The fourth-order valence-corrected chi connectivity index (χ4v) is 2.88. The second-order valence-corrected chi connectivity index (χ2v) is 6.43. The smallest absolute Gasteiger partial charge is 0.251 e. The molecule has 0 bridgehead atoms. The minimum atomic E-state index is -0.113. The van der Waals surface area contributed by atoms with Gasteiger partial charge in [-0.05, 0) is 25.5 Å². The maximum absolute atomic E-state index is 12.6. The Kier molecular flexibility index (Phi) is 5.49. The van der Waals surface area contributed by atoms with Gasteiger partial charge in [-0.1, -0.05) is 19.1 Å². The molecule has 1 unspecified atom stereocenters. The maximum atomic E-state index is 12.6. The predicted octanol–water partition coefficient (Wildman–Crippen LogP) is 3.11. The summed E-state index contributed by atoms with van der Waals surface area (Å²) >= 11 is 0. The van der Waals surface area contributed by atoms with Gasteiger partial charge in [0, 0.05) is 48.7 Å². The Balaban J connectivity index is 1.76. The first kappa shape index (κ1) is 18.6. The first-order chi connectivity index (χ1) is 13.0. The fraction of sp³-hybridized carbons (Fsp3) is 0.300. The van der Waals surface area contributed by atoms with Crippen molar-refractivity contribution in [2.45, 2.75) is 26.3 Å². The molecular formula is C20H24N6O. The molecule has 1 amide bonds. The molecule has 1 atom stereocenters. The van der Waals surface area contributed by atoms with E-state index in [1.165, 1.54) is 0 Å². The third kappa shape index (κ3) is 4.31. The van der Waals surface area contributed by atoms with E-state index in [1.807, 2.05) is 52.3 Å². The number of nitrogens with zero attached hydrogens (tertiary/aromatic N) is 4. The summed E-state index contributed by atoms with van der Waals surface area (Å²) in [5, 5.41) is 10.3. The molecule has 0 aliphatic heterocycles. The van der Waals surface area contributed by atoms with Crippen LogP contribution in [-0.2, 0) is 7.05 Å². The average molecular weight is 364 g/mol. The number of nitrogens with one attached hydrogen (secondary N) is 2. The molecule has 0 aliphatic rings. The van der Waals surface area contributed by atoms with Crippen molar-refractivity contribution < 1.29 is 4.79 Å². The number of carbonyl (C=O) groups is 1. The van der Waals surface area contributed by atoms with Gasteiger partial charge in [0.1, 0.15) is 5.82 Å². The molecule has 27 heavy (non-hydrogen) atoms. The highest BCUT2D eigenvalue weighted by Crippen LogP contribution is 2.20. The van der Waals surface area contributed by atoms with Crippen LogP contribution in [0, 0.1) is 6.92 Å². The van der Waals surface area contributed by atoms with Crippen LogP contribution in [-0.4, -0.2) is 32.7 Å². The van der Waals surface area contributed by atoms with Crippen molar-refractivity contribution >= 4 is 11.7 Å². The molecule has 2 aromatic heterocycles. The van der Waals surface area contributed by atoms with E-state index < -0.39 is 0 Å². The molecular weight excluding hydrogens is 340 g/mol. The number of amides is 1. The Bertz CT molecular complexity index is 932. The van der Waals surface area contributed by atoms with Crippen molar-refractivity contribution in [3.63, 3.8) is 0 Å². The van der Waals surface area contributed by atoms with Gasteiger partial charge in [-0.3, -0.25) is 9.48 Å². The number of aromatic nitrogens is 4. The van der Waals surface area contributed by atoms with E-state index in [-0.39, 0.29) is 11.9 Å². The molecule has 1 aromatic carbocycles. The van der Waals surface area contributed by atoms with Crippen molar-refractivity contribution in [1.82, 2.24) is 25.1 Å². The Labute approximate surface area is 158 Å². The highest BCUT2D eigenvalue weighted by atomic mass is 16.1. The Morgan fingerprint density at radius 1 is 1.22 bits per heavy atom. The topological polar surface area (TPSA) is 84.7 Å². The lowest BCUT2D eigenvalue weighted by atomic mass is 10.1. The van der Waals surface area contributed by atoms with E-state index in [2.05, 4.69) is 25.7 Å². The summed E-state index contributed by atoms with van der Waals surface area (Å²) in [6, 6.07) is 9.15. The normalized spacial score (nSPS) is 11.9. The number of hydrogen-bond donors (Lipinski definition) is 2. The predicted molar refractivity (Wildman–Crippen MR) is 105 cm³/mol. The molecule has 0 saturated heterocycles. The van der Waals surface area contributed by atoms with Crippen LogP contribution in [0.25, 0.3) is 11.4 Å². The molecule has 140 valence electrons. The summed E-state index contributed by atoms with van der Waals surface area (Å²) < 4.78 is 1.74. The van der Waals surface area contributed by atoms with Crippen molar-refractivity contribution in [3.8, 4) is 11.4 Å². The van der Waals surface area contributed by atoms with Crippen molar-refractivity contribution in [3.05, 3.63) is 59.5 Å². The first-order valence-electron chi connectivity index (χ1n) is 8.93. The third-order valence-electron chi connectivity index (χ3n) is 4.36. The number of hydrogen-bond acceptors (Lipinski definition) is 5. The van der Waals surface area contributed by atoms with Crippen LogP contribution in [0.2, 0.25) is 0 Å². The quantitative estimate of drug-likeness (QED) is 0.702. The number of aryl methyl sites for hydroxylation is 2. The second-order valence-electron chi connectivity index (χ2n) is 6.43. The van der Waals surface area contributed by atoms with Crippen LogP contribution in [0.4, 0.5) is 5.82 Å². The maximum Gasteiger partial charge on any atom is 0.251 e. The molecule has 0 spiro atoms. The highest BCUT2D eigenvalue weighted by molar-refractivity contribution is 5.94. The summed E-state index contributed by atoms with van der Waals surface area (Å²) in [5.74, 6) is 1.29. The van der Waals surface area contributed by atoms with Crippen molar-refractivity contribution in [1.29, 1.82) is 0 Å². The van der Waals surface area contributed by atoms with Crippen molar-refractivity contribution in [2.24, 2.45) is 7.05 Å². The molecule has 7 heteroatoms. The van der Waals surface area contributed by atoms with E-state index >= 15 is 0 Å². The lowest BCUT2D eigenvalue weighted by Crippen LogP contribution is -2.27. The summed E-state index contributed by atoms with van der Waals surface area (Å²) in [6.07, 6.45) is 4.50. The molecule has 3 aromatic rings. The van der Waals surface area contributed by atoms with E-state index in [9.17, 15) is 4.79 Å². The molecule has 7 nitrogen and oxygen atoms in total. The second kappa shape index (κ2) is 7.99. The fourth-order valence-electron chi connectivity index (χ4n) is 2.88. The van der Waals surface area contributed by atoms with Gasteiger partial charge in [-0.2, -0.15) is 5.10 Å². The van der Waals surface area contributed by atoms with Gasteiger partial charge in [0.2, 0.25) is 0 Å². The summed E-state index contributed by atoms with van der Waals surface area (Å²) in [4.78, 5) is 21.6. The van der Waals surface area contributed by atoms with Gasteiger partial charge >= 0.3 is 0 Å². The SMILES string of the molecule is CCC(NC(=O)c1ccc(-c2nc(C)cc(NC)n2)cc1)c1cnn(C)c1. The lowest BCUT2D eigenvalue weighted by Gasteiger charge is -2.15. The Hall–Kier alpha value is -3.22.